The minimum Gasteiger partial charge on any atom is -0.308 e. The summed E-state index contributed by atoms with van der Waals surface area (Å²) >= 11 is 0. The molecule has 200 valence electrons. The van der Waals surface area contributed by atoms with Crippen LogP contribution in [0.3, 0.4) is 0 Å². The molecule has 0 fully saturated rings. The Labute approximate surface area is 250 Å². The number of allylic oxidation sites excluding steroid dienone is 7. The molecule has 43 heavy (non-hydrogen) atoms. The Balaban J connectivity index is 1.47. The van der Waals surface area contributed by atoms with Gasteiger partial charge in [0.2, 0.25) is 0 Å². The van der Waals surface area contributed by atoms with Crippen molar-refractivity contribution in [1.29, 1.82) is 0 Å². The second-order valence-corrected chi connectivity index (χ2v) is 11.9. The van der Waals surface area contributed by atoms with Crippen LogP contribution in [0, 0.1) is 0 Å². The molecule has 0 saturated carbocycles. The summed E-state index contributed by atoms with van der Waals surface area (Å²) in [6.45, 7) is 0. The fraction of sp³-hybridized carbons (Fsp3) is 0.0476. The SMILES string of the molecule is C1=CCCC(C2=C3C(=C(n4c5ccccc5c5ccccc54)c4c3ccc3ccccc43)c3ccc4ccccc4c32)=C1. The Morgan fingerprint density at radius 2 is 1.02 bits per heavy atom. The highest BCUT2D eigenvalue weighted by Gasteiger charge is 2.40. The molecule has 1 heteroatoms. The summed E-state index contributed by atoms with van der Waals surface area (Å²) in [6.07, 6.45) is 9.04. The molecule has 0 aliphatic heterocycles. The third kappa shape index (κ3) is 3.01. The summed E-state index contributed by atoms with van der Waals surface area (Å²) in [5.74, 6) is 0. The highest BCUT2D eigenvalue weighted by molar-refractivity contribution is 6.38. The summed E-state index contributed by atoms with van der Waals surface area (Å²) in [5.41, 5.74) is 14.8. The molecule has 0 bridgehead atoms. The van der Waals surface area contributed by atoms with Gasteiger partial charge in [-0.3, -0.25) is 0 Å². The van der Waals surface area contributed by atoms with Crippen molar-refractivity contribution >= 4 is 65.8 Å². The first kappa shape index (κ1) is 23.2. The van der Waals surface area contributed by atoms with Crippen LogP contribution in [0.4, 0.5) is 0 Å². The second-order valence-electron chi connectivity index (χ2n) is 11.9. The van der Waals surface area contributed by atoms with Gasteiger partial charge >= 0.3 is 0 Å². The van der Waals surface area contributed by atoms with E-state index in [0.717, 1.165) is 12.8 Å². The van der Waals surface area contributed by atoms with Gasteiger partial charge in [-0.1, -0.05) is 127 Å². The maximum absolute atomic E-state index is 2.56. The monoisotopic (exact) mass is 545 g/mol. The normalized spacial score (nSPS) is 15.6. The summed E-state index contributed by atoms with van der Waals surface area (Å²) in [4.78, 5) is 0. The van der Waals surface area contributed by atoms with Crippen molar-refractivity contribution in [2.24, 2.45) is 0 Å². The van der Waals surface area contributed by atoms with E-state index in [-0.39, 0.29) is 0 Å². The third-order valence-corrected chi connectivity index (χ3v) is 9.76. The second kappa shape index (κ2) is 8.56. The zero-order valence-corrected chi connectivity index (χ0v) is 23.6. The average molecular weight is 546 g/mol. The molecule has 1 aromatic heterocycles. The van der Waals surface area contributed by atoms with E-state index in [4.69, 9.17) is 0 Å². The van der Waals surface area contributed by atoms with Crippen molar-refractivity contribution in [3.05, 3.63) is 167 Å². The fourth-order valence-corrected chi connectivity index (χ4v) is 8.03. The molecule has 0 N–H and O–H groups in total. The number of aromatic nitrogens is 1. The molecule has 3 aliphatic rings. The van der Waals surface area contributed by atoms with Crippen molar-refractivity contribution in [2.45, 2.75) is 12.8 Å². The van der Waals surface area contributed by atoms with Gasteiger partial charge in [-0.15, -0.1) is 0 Å². The summed E-state index contributed by atoms with van der Waals surface area (Å²) in [5, 5.41) is 7.81. The molecule has 0 atom stereocenters. The molecule has 0 unspecified atom stereocenters. The van der Waals surface area contributed by atoms with Crippen molar-refractivity contribution in [3.8, 4) is 0 Å². The molecule has 0 amide bonds. The topological polar surface area (TPSA) is 4.93 Å². The van der Waals surface area contributed by atoms with Crippen LogP contribution in [-0.4, -0.2) is 4.57 Å². The largest absolute Gasteiger partial charge is 0.308 e. The van der Waals surface area contributed by atoms with Gasteiger partial charge in [0.1, 0.15) is 0 Å². The Hall–Kier alpha value is -5.40. The Kier molecular flexibility index (Phi) is 4.62. The van der Waals surface area contributed by atoms with E-state index in [1.165, 1.54) is 93.6 Å². The van der Waals surface area contributed by atoms with E-state index in [1.54, 1.807) is 0 Å². The maximum atomic E-state index is 2.56. The van der Waals surface area contributed by atoms with Crippen LogP contribution in [-0.2, 0) is 0 Å². The van der Waals surface area contributed by atoms with E-state index in [9.17, 15) is 0 Å². The Bertz CT molecular complexity index is 2440. The number of hydrogen-bond acceptors (Lipinski definition) is 0. The first-order chi connectivity index (χ1) is 21.4. The van der Waals surface area contributed by atoms with Crippen LogP contribution in [0.1, 0.15) is 35.1 Å². The highest BCUT2D eigenvalue weighted by atomic mass is 15.0. The molecule has 1 nitrogen and oxygen atoms in total. The predicted molar refractivity (Wildman–Crippen MR) is 183 cm³/mol. The van der Waals surface area contributed by atoms with Crippen LogP contribution in [0.25, 0.3) is 65.8 Å². The first-order valence-electron chi connectivity index (χ1n) is 15.3. The number of para-hydroxylation sites is 2. The first-order valence-corrected chi connectivity index (χ1v) is 15.3. The van der Waals surface area contributed by atoms with Crippen molar-refractivity contribution < 1.29 is 0 Å². The lowest BCUT2D eigenvalue weighted by Crippen LogP contribution is -2.01. The molecular formula is C42H27N. The summed E-state index contributed by atoms with van der Waals surface area (Å²) in [6, 6.07) is 45.1. The molecule has 0 spiro atoms. The van der Waals surface area contributed by atoms with Gasteiger partial charge in [0, 0.05) is 27.5 Å². The van der Waals surface area contributed by atoms with E-state index in [2.05, 4.69) is 144 Å². The fourth-order valence-electron chi connectivity index (χ4n) is 8.03. The molecule has 6 aromatic carbocycles. The molecular weight excluding hydrogens is 518 g/mol. The van der Waals surface area contributed by atoms with Crippen LogP contribution in [0.2, 0.25) is 0 Å². The smallest absolute Gasteiger partial charge is 0.0632 e. The van der Waals surface area contributed by atoms with Crippen LogP contribution >= 0.6 is 0 Å². The average Bonchev–Trinajstić information content (AvgIpc) is 3.71. The Morgan fingerprint density at radius 1 is 0.465 bits per heavy atom. The molecule has 1 heterocycles. The van der Waals surface area contributed by atoms with E-state index in [0.29, 0.717) is 0 Å². The lowest BCUT2D eigenvalue weighted by molar-refractivity contribution is 0.997. The quantitative estimate of drug-likeness (QED) is 0.204. The van der Waals surface area contributed by atoms with E-state index in [1.807, 2.05) is 0 Å². The van der Waals surface area contributed by atoms with Crippen molar-refractivity contribution in [3.63, 3.8) is 0 Å². The number of fused-ring (bicyclic) bond motifs is 12. The van der Waals surface area contributed by atoms with Gasteiger partial charge in [-0.25, -0.2) is 0 Å². The lowest BCUT2D eigenvalue weighted by Gasteiger charge is -2.18. The zero-order valence-electron chi connectivity index (χ0n) is 23.6. The molecule has 3 aliphatic carbocycles. The zero-order chi connectivity index (χ0) is 28.1. The van der Waals surface area contributed by atoms with Gasteiger partial charge in [0.15, 0.2) is 0 Å². The summed E-state index contributed by atoms with van der Waals surface area (Å²) < 4.78 is 2.56. The van der Waals surface area contributed by atoms with E-state index >= 15 is 0 Å². The molecule has 0 saturated heterocycles. The van der Waals surface area contributed by atoms with Crippen molar-refractivity contribution in [2.75, 3.05) is 0 Å². The molecule has 0 radical (unpaired) electrons. The van der Waals surface area contributed by atoms with Crippen LogP contribution in [0.5, 0.6) is 0 Å². The van der Waals surface area contributed by atoms with Gasteiger partial charge in [0.05, 0.1) is 16.7 Å². The van der Waals surface area contributed by atoms with Gasteiger partial charge in [0.25, 0.3) is 0 Å². The minimum absolute atomic E-state index is 1.05. The maximum Gasteiger partial charge on any atom is 0.0632 e. The van der Waals surface area contributed by atoms with Crippen LogP contribution < -0.4 is 0 Å². The van der Waals surface area contributed by atoms with Crippen LogP contribution in [0.15, 0.2) is 145 Å². The summed E-state index contributed by atoms with van der Waals surface area (Å²) in [7, 11) is 0. The number of nitrogens with zero attached hydrogens (tertiary/aromatic N) is 1. The predicted octanol–water partition coefficient (Wildman–Crippen LogP) is 11.0. The number of benzene rings is 6. The van der Waals surface area contributed by atoms with Gasteiger partial charge < -0.3 is 4.57 Å². The number of rotatable bonds is 2. The molecule has 7 aromatic rings. The van der Waals surface area contributed by atoms with Gasteiger partial charge in [-0.2, -0.15) is 0 Å². The number of hydrogen-bond donors (Lipinski definition) is 0. The minimum atomic E-state index is 1.05. The third-order valence-electron chi connectivity index (χ3n) is 9.76. The van der Waals surface area contributed by atoms with E-state index < -0.39 is 0 Å². The lowest BCUT2D eigenvalue weighted by atomic mass is 9.86. The van der Waals surface area contributed by atoms with Crippen molar-refractivity contribution in [1.82, 2.24) is 4.57 Å². The standard InChI is InChI=1S/C42H27N/c1-2-14-28(15-3-1)37-38-29-16-6-4-12-26(29)22-24-33(38)41-40(37)34-25-23-27-13-5-7-17-30(27)39(34)42(41)43-35-20-10-8-18-31(35)32-19-9-11-21-36(32)43/h1-2,4-14,16-25H,3,15H2. The van der Waals surface area contributed by atoms with Gasteiger partial charge in [-0.05, 0) is 74.4 Å². The Morgan fingerprint density at radius 3 is 1.65 bits per heavy atom. The highest BCUT2D eigenvalue weighted by Crippen LogP contribution is 2.61. The molecule has 10 rings (SSSR count).